The standard InChI is InChI=1S/C19H19N3O2/c1-11-4-6-16(12(2)8-11)22-18-14-9-13(24-3)5-7-17(14)21-10-15(18)19(20)23/h4-10H,1-3H3,(H2,20,23)(H,21,22). The van der Waals surface area contributed by atoms with E-state index in [1.165, 1.54) is 11.8 Å². The predicted octanol–water partition coefficient (Wildman–Crippen LogP) is 3.70. The van der Waals surface area contributed by atoms with Gasteiger partial charge in [0.2, 0.25) is 0 Å². The minimum absolute atomic E-state index is 0.343. The van der Waals surface area contributed by atoms with E-state index in [1.807, 2.05) is 44.2 Å². The molecule has 0 bridgehead atoms. The molecule has 0 unspecified atom stereocenters. The Morgan fingerprint density at radius 3 is 2.62 bits per heavy atom. The van der Waals surface area contributed by atoms with Gasteiger partial charge in [-0.1, -0.05) is 17.7 Å². The molecule has 0 aliphatic carbocycles. The van der Waals surface area contributed by atoms with Gasteiger partial charge in [-0.25, -0.2) is 0 Å². The fraction of sp³-hybridized carbons (Fsp3) is 0.158. The van der Waals surface area contributed by atoms with Crippen LogP contribution in [-0.4, -0.2) is 18.0 Å². The summed E-state index contributed by atoms with van der Waals surface area (Å²) in [6, 6.07) is 11.6. The molecule has 2 aromatic carbocycles. The molecule has 24 heavy (non-hydrogen) atoms. The number of fused-ring (bicyclic) bond motifs is 1. The van der Waals surface area contributed by atoms with Crippen molar-refractivity contribution in [1.82, 2.24) is 4.98 Å². The summed E-state index contributed by atoms with van der Waals surface area (Å²) in [4.78, 5) is 16.2. The lowest BCUT2D eigenvalue weighted by molar-refractivity contribution is 0.100. The van der Waals surface area contributed by atoms with Gasteiger partial charge in [0.05, 0.1) is 23.9 Å². The highest BCUT2D eigenvalue weighted by Gasteiger charge is 2.15. The zero-order valence-electron chi connectivity index (χ0n) is 13.9. The van der Waals surface area contributed by atoms with Crippen LogP contribution in [0.3, 0.4) is 0 Å². The molecule has 0 aliphatic heterocycles. The van der Waals surface area contributed by atoms with Crippen molar-refractivity contribution in [3.63, 3.8) is 0 Å². The minimum Gasteiger partial charge on any atom is -0.497 e. The predicted molar refractivity (Wildman–Crippen MR) is 96.0 cm³/mol. The second kappa shape index (κ2) is 6.20. The smallest absolute Gasteiger partial charge is 0.252 e. The maximum Gasteiger partial charge on any atom is 0.252 e. The maximum atomic E-state index is 11.9. The quantitative estimate of drug-likeness (QED) is 0.768. The number of carbonyl (C=O) groups is 1. The second-order valence-corrected chi connectivity index (χ2v) is 5.74. The van der Waals surface area contributed by atoms with E-state index in [0.29, 0.717) is 17.0 Å². The molecule has 0 aliphatic rings. The number of aryl methyl sites for hydroxylation is 2. The third kappa shape index (κ3) is 2.88. The Balaban J connectivity index is 2.22. The normalized spacial score (nSPS) is 10.6. The van der Waals surface area contributed by atoms with Crippen molar-refractivity contribution < 1.29 is 9.53 Å². The van der Waals surface area contributed by atoms with Crippen LogP contribution in [0.4, 0.5) is 11.4 Å². The van der Waals surface area contributed by atoms with Gasteiger partial charge in [0.15, 0.2) is 0 Å². The molecule has 0 saturated heterocycles. The fourth-order valence-corrected chi connectivity index (χ4v) is 2.71. The molecule has 3 aromatic rings. The molecule has 0 fully saturated rings. The first-order chi connectivity index (χ1) is 11.5. The Hall–Kier alpha value is -3.08. The highest BCUT2D eigenvalue weighted by molar-refractivity contribution is 6.07. The SMILES string of the molecule is COc1ccc2ncc(C(N)=O)c(Nc3ccc(C)cc3C)c2c1. The van der Waals surface area contributed by atoms with Gasteiger partial charge < -0.3 is 15.8 Å². The van der Waals surface area contributed by atoms with Crippen molar-refractivity contribution >= 4 is 28.2 Å². The van der Waals surface area contributed by atoms with E-state index in [4.69, 9.17) is 10.5 Å². The van der Waals surface area contributed by atoms with Crippen LogP contribution < -0.4 is 15.8 Å². The summed E-state index contributed by atoms with van der Waals surface area (Å²) in [7, 11) is 1.60. The summed E-state index contributed by atoms with van der Waals surface area (Å²) in [5.74, 6) is 0.161. The molecular weight excluding hydrogens is 302 g/mol. The molecule has 3 rings (SSSR count). The van der Waals surface area contributed by atoms with E-state index in [1.54, 1.807) is 7.11 Å². The van der Waals surface area contributed by atoms with Crippen molar-refractivity contribution in [1.29, 1.82) is 0 Å². The first-order valence-corrected chi connectivity index (χ1v) is 7.60. The van der Waals surface area contributed by atoms with E-state index in [2.05, 4.69) is 16.4 Å². The van der Waals surface area contributed by atoms with Gasteiger partial charge in [0.25, 0.3) is 5.91 Å². The first-order valence-electron chi connectivity index (χ1n) is 7.60. The van der Waals surface area contributed by atoms with Gasteiger partial charge in [-0.3, -0.25) is 9.78 Å². The maximum absolute atomic E-state index is 11.9. The zero-order chi connectivity index (χ0) is 17.3. The number of ether oxygens (including phenoxy) is 1. The number of nitrogens with zero attached hydrogens (tertiary/aromatic N) is 1. The zero-order valence-corrected chi connectivity index (χ0v) is 13.9. The van der Waals surface area contributed by atoms with Gasteiger partial charge in [0, 0.05) is 17.3 Å². The van der Waals surface area contributed by atoms with Gasteiger partial charge in [-0.2, -0.15) is 0 Å². The van der Waals surface area contributed by atoms with Gasteiger partial charge in [-0.05, 0) is 43.7 Å². The Kier molecular flexibility index (Phi) is 4.08. The number of methoxy groups -OCH3 is 1. The van der Waals surface area contributed by atoms with Crippen LogP contribution in [0.5, 0.6) is 5.75 Å². The average Bonchev–Trinajstić information content (AvgIpc) is 2.56. The molecule has 1 aromatic heterocycles. The summed E-state index contributed by atoms with van der Waals surface area (Å²) in [5, 5.41) is 4.13. The lowest BCUT2D eigenvalue weighted by atomic mass is 10.1. The fourth-order valence-electron chi connectivity index (χ4n) is 2.71. The van der Waals surface area contributed by atoms with Crippen LogP contribution in [0.2, 0.25) is 0 Å². The third-order valence-corrected chi connectivity index (χ3v) is 3.98. The highest BCUT2D eigenvalue weighted by Crippen LogP contribution is 2.32. The molecule has 5 heteroatoms. The highest BCUT2D eigenvalue weighted by atomic mass is 16.5. The molecule has 0 radical (unpaired) electrons. The number of rotatable bonds is 4. The first kappa shape index (κ1) is 15.8. The lowest BCUT2D eigenvalue weighted by Crippen LogP contribution is -2.14. The number of amides is 1. The number of hydrogen-bond donors (Lipinski definition) is 2. The molecule has 122 valence electrons. The van der Waals surface area contributed by atoms with Crippen LogP contribution in [0, 0.1) is 13.8 Å². The molecule has 0 saturated carbocycles. The number of anilines is 2. The number of benzene rings is 2. The van der Waals surface area contributed by atoms with E-state index in [0.717, 1.165) is 22.2 Å². The van der Waals surface area contributed by atoms with E-state index in [9.17, 15) is 4.79 Å². The number of nitrogens with one attached hydrogen (secondary N) is 1. The largest absolute Gasteiger partial charge is 0.497 e. The number of carbonyl (C=O) groups excluding carboxylic acids is 1. The summed E-state index contributed by atoms with van der Waals surface area (Å²) in [5.41, 5.74) is 10.5. The number of aromatic nitrogens is 1. The Bertz CT molecular complexity index is 935. The molecule has 5 nitrogen and oxygen atoms in total. The molecule has 3 N–H and O–H groups in total. The van der Waals surface area contributed by atoms with E-state index in [-0.39, 0.29) is 0 Å². The van der Waals surface area contributed by atoms with Crippen LogP contribution in [-0.2, 0) is 0 Å². The van der Waals surface area contributed by atoms with Gasteiger partial charge >= 0.3 is 0 Å². The summed E-state index contributed by atoms with van der Waals surface area (Å²) >= 11 is 0. The van der Waals surface area contributed by atoms with Crippen LogP contribution in [0.15, 0.2) is 42.6 Å². The van der Waals surface area contributed by atoms with Crippen molar-refractivity contribution in [3.8, 4) is 5.75 Å². The molecule has 0 spiro atoms. The summed E-state index contributed by atoms with van der Waals surface area (Å²) < 4.78 is 5.30. The van der Waals surface area contributed by atoms with E-state index >= 15 is 0 Å². The third-order valence-electron chi connectivity index (χ3n) is 3.98. The number of pyridine rings is 1. The Morgan fingerprint density at radius 2 is 1.96 bits per heavy atom. The van der Waals surface area contributed by atoms with E-state index < -0.39 is 5.91 Å². The summed E-state index contributed by atoms with van der Waals surface area (Å²) in [6.45, 7) is 4.06. The second-order valence-electron chi connectivity index (χ2n) is 5.74. The van der Waals surface area contributed by atoms with Crippen molar-refractivity contribution in [3.05, 3.63) is 59.3 Å². The summed E-state index contributed by atoms with van der Waals surface area (Å²) in [6.07, 6.45) is 1.50. The lowest BCUT2D eigenvalue weighted by Gasteiger charge is -2.15. The number of nitrogens with two attached hydrogens (primary N) is 1. The van der Waals surface area contributed by atoms with Crippen LogP contribution >= 0.6 is 0 Å². The van der Waals surface area contributed by atoms with Crippen LogP contribution in [0.25, 0.3) is 10.9 Å². The topological polar surface area (TPSA) is 77.2 Å². The van der Waals surface area contributed by atoms with Crippen molar-refractivity contribution in [2.24, 2.45) is 5.73 Å². The monoisotopic (exact) mass is 321 g/mol. The van der Waals surface area contributed by atoms with Crippen molar-refractivity contribution in [2.45, 2.75) is 13.8 Å². The van der Waals surface area contributed by atoms with Crippen molar-refractivity contribution in [2.75, 3.05) is 12.4 Å². The molecule has 1 amide bonds. The molecule has 0 atom stereocenters. The van der Waals surface area contributed by atoms with Crippen LogP contribution in [0.1, 0.15) is 21.5 Å². The number of hydrogen-bond acceptors (Lipinski definition) is 4. The average molecular weight is 321 g/mol. The molecular formula is C19H19N3O2. The molecule has 1 heterocycles. The Morgan fingerprint density at radius 1 is 1.17 bits per heavy atom. The van der Waals surface area contributed by atoms with Gasteiger partial charge in [0.1, 0.15) is 5.75 Å². The minimum atomic E-state index is -0.528. The Labute approximate surface area is 140 Å². The van der Waals surface area contributed by atoms with Gasteiger partial charge in [-0.15, -0.1) is 0 Å². The number of primary amides is 1.